The fourth-order valence-electron chi connectivity index (χ4n) is 2.22. The summed E-state index contributed by atoms with van der Waals surface area (Å²) in [7, 11) is 0. The Morgan fingerprint density at radius 2 is 2.00 bits per heavy atom. The van der Waals surface area contributed by atoms with Crippen LogP contribution in [0.4, 0.5) is 0 Å². The van der Waals surface area contributed by atoms with Gasteiger partial charge in [-0.15, -0.1) is 0 Å². The highest BCUT2D eigenvalue weighted by Crippen LogP contribution is 2.27. The molecule has 2 rings (SSSR count). The summed E-state index contributed by atoms with van der Waals surface area (Å²) in [6.07, 6.45) is 3.64. The summed E-state index contributed by atoms with van der Waals surface area (Å²) in [6, 6.07) is 5.67. The molecule has 3 heteroatoms. The molecule has 1 aromatic heterocycles. The maximum Gasteiger partial charge on any atom is 0.262 e. The molecule has 1 heterocycles. The molecule has 0 atom stereocenters. The van der Waals surface area contributed by atoms with Gasteiger partial charge in [-0.05, 0) is 48.9 Å². The van der Waals surface area contributed by atoms with Gasteiger partial charge in [-0.2, -0.15) is 0 Å². The second-order valence-corrected chi connectivity index (χ2v) is 5.78. The van der Waals surface area contributed by atoms with Crippen molar-refractivity contribution in [1.29, 1.82) is 0 Å². The third-order valence-corrected chi connectivity index (χ3v) is 3.26. The first-order valence-electron chi connectivity index (χ1n) is 6.39. The monoisotopic (exact) mass is 275 g/mol. The van der Waals surface area contributed by atoms with Crippen LogP contribution in [-0.2, 0) is 0 Å². The molecule has 19 heavy (non-hydrogen) atoms. The smallest absolute Gasteiger partial charge is 0.262 e. The van der Waals surface area contributed by atoms with Gasteiger partial charge in [0.1, 0.15) is 0 Å². The number of hydrogen-bond acceptors (Lipinski definition) is 1. The minimum atomic E-state index is 0.0130. The molecule has 2 nitrogen and oxygen atoms in total. The zero-order valence-electron chi connectivity index (χ0n) is 11.7. The van der Waals surface area contributed by atoms with Crippen molar-refractivity contribution in [2.45, 2.75) is 33.6 Å². The number of fused-ring (bicyclic) bond motifs is 1. The van der Waals surface area contributed by atoms with E-state index in [0.717, 1.165) is 21.9 Å². The highest BCUT2D eigenvalue weighted by atomic mass is 35.5. The first-order valence-corrected chi connectivity index (χ1v) is 6.77. The van der Waals surface area contributed by atoms with Crippen LogP contribution in [0.15, 0.2) is 34.8 Å². The SMILES string of the molecule is CC(C)=Cn1ccc2cc(Cl)cc(C(C)C)c2c1=O. The van der Waals surface area contributed by atoms with E-state index in [1.165, 1.54) is 0 Å². The van der Waals surface area contributed by atoms with Crippen molar-refractivity contribution in [3.8, 4) is 0 Å². The van der Waals surface area contributed by atoms with E-state index in [-0.39, 0.29) is 11.5 Å². The molecule has 0 saturated carbocycles. The van der Waals surface area contributed by atoms with E-state index in [2.05, 4.69) is 13.8 Å². The quantitative estimate of drug-likeness (QED) is 0.781. The minimum Gasteiger partial charge on any atom is -0.291 e. The van der Waals surface area contributed by atoms with Gasteiger partial charge in [-0.3, -0.25) is 9.36 Å². The van der Waals surface area contributed by atoms with Crippen LogP contribution in [0.1, 0.15) is 39.2 Å². The summed E-state index contributed by atoms with van der Waals surface area (Å²) in [5, 5.41) is 2.34. The lowest BCUT2D eigenvalue weighted by atomic mass is 9.97. The number of rotatable bonds is 2. The number of aromatic nitrogens is 1. The number of nitrogens with zero attached hydrogens (tertiary/aromatic N) is 1. The molecule has 0 saturated heterocycles. The summed E-state index contributed by atoms with van der Waals surface area (Å²) in [5.74, 6) is 0.261. The van der Waals surface area contributed by atoms with Crippen molar-refractivity contribution < 1.29 is 0 Å². The Hall–Kier alpha value is -1.54. The third-order valence-electron chi connectivity index (χ3n) is 3.05. The highest BCUT2D eigenvalue weighted by molar-refractivity contribution is 6.31. The molecular weight excluding hydrogens is 258 g/mol. The summed E-state index contributed by atoms with van der Waals surface area (Å²) in [4.78, 5) is 12.6. The Labute approximate surface area is 118 Å². The lowest BCUT2D eigenvalue weighted by Crippen LogP contribution is -2.16. The van der Waals surface area contributed by atoms with Crippen molar-refractivity contribution in [3.05, 3.63) is 50.9 Å². The molecule has 0 amide bonds. The molecule has 0 N–H and O–H groups in total. The van der Waals surface area contributed by atoms with Crippen molar-refractivity contribution >= 4 is 28.6 Å². The molecule has 2 aromatic rings. The van der Waals surface area contributed by atoms with Crippen molar-refractivity contribution in [1.82, 2.24) is 4.57 Å². The third kappa shape index (κ3) is 2.74. The van der Waals surface area contributed by atoms with Gasteiger partial charge in [0.15, 0.2) is 0 Å². The molecule has 0 bridgehead atoms. The van der Waals surface area contributed by atoms with E-state index in [1.54, 1.807) is 10.8 Å². The molecular formula is C16H18ClNO. The Bertz CT molecular complexity index is 706. The molecule has 0 radical (unpaired) electrons. The first kappa shape index (κ1) is 13.9. The van der Waals surface area contributed by atoms with E-state index < -0.39 is 0 Å². The van der Waals surface area contributed by atoms with E-state index in [1.807, 2.05) is 38.2 Å². The predicted molar refractivity (Wildman–Crippen MR) is 82.9 cm³/mol. The van der Waals surface area contributed by atoms with Gasteiger partial charge < -0.3 is 0 Å². The number of allylic oxidation sites excluding steroid dienone is 1. The molecule has 0 spiro atoms. The van der Waals surface area contributed by atoms with Crippen molar-refractivity contribution in [3.63, 3.8) is 0 Å². The van der Waals surface area contributed by atoms with E-state index >= 15 is 0 Å². The molecule has 0 aliphatic carbocycles. The first-order chi connectivity index (χ1) is 8.90. The van der Waals surface area contributed by atoms with E-state index in [0.29, 0.717) is 5.02 Å². The van der Waals surface area contributed by atoms with Crippen molar-refractivity contribution in [2.75, 3.05) is 0 Å². The Balaban J connectivity index is 2.88. The van der Waals surface area contributed by atoms with Crippen LogP contribution in [0.5, 0.6) is 0 Å². The zero-order chi connectivity index (χ0) is 14.2. The summed E-state index contributed by atoms with van der Waals surface area (Å²) >= 11 is 6.12. The van der Waals surface area contributed by atoms with Crippen LogP contribution in [0.25, 0.3) is 17.0 Å². The number of pyridine rings is 1. The topological polar surface area (TPSA) is 22.0 Å². The van der Waals surface area contributed by atoms with Gasteiger partial charge >= 0.3 is 0 Å². The predicted octanol–water partition coefficient (Wildman–Crippen LogP) is 4.66. The van der Waals surface area contributed by atoms with Crippen LogP contribution in [0, 0.1) is 0 Å². The fourth-order valence-corrected chi connectivity index (χ4v) is 2.46. The molecule has 0 aliphatic rings. The maximum absolute atomic E-state index is 12.6. The zero-order valence-corrected chi connectivity index (χ0v) is 12.5. The van der Waals surface area contributed by atoms with Crippen LogP contribution >= 0.6 is 11.6 Å². The van der Waals surface area contributed by atoms with Crippen LogP contribution in [-0.4, -0.2) is 4.57 Å². The van der Waals surface area contributed by atoms with Crippen LogP contribution < -0.4 is 5.56 Å². The van der Waals surface area contributed by atoms with Gasteiger partial charge in [0.25, 0.3) is 5.56 Å². The average Bonchev–Trinajstić information content (AvgIpc) is 2.31. The van der Waals surface area contributed by atoms with Crippen LogP contribution in [0.2, 0.25) is 5.02 Å². The molecule has 1 aromatic carbocycles. The average molecular weight is 276 g/mol. The summed E-state index contributed by atoms with van der Waals surface area (Å²) < 4.78 is 1.64. The number of benzene rings is 1. The lowest BCUT2D eigenvalue weighted by Gasteiger charge is -2.12. The molecule has 0 aliphatic heterocycles. The lowest BCUT2D eigenvalue weighted by molar-refractivity contribution is 0.873. The van der Waals surface area contributed by atoms with Gasteiger partial charge in [0.05, 0.1) is 5.39 Å². The van der Waals surface area contributed by atoms with Crippen molar-refractivity contribution in [2.24, 2.45) is 0 Å². The Kier molecular flexibility index (Phi) is 3.81. The molecule has 0 unspecified atom stereocenters. The Morgan fingerprint density at radius 3 is 2.58 bits per heavy atom. The standard InChI is InChI=1S/C16H18ClNO/c1-10(2)9-18-6-5-12-7-13(17)8-14(11(3)4)15(12)16(18)19/h5-9,11H,1-4H3. The summed E-state index contributed by atoms with van der Waals surface area (Å²) in [5.41, 5.74) is 2.10. The van der Waals surface area contributed by atoms with E-state index in [9.17, 15) is 4.79 Å². The van der Waals surface area contributed by atoms with Gasteiger partial charge in [-0.1, -0.05) is 31.0 Å². The van der Waals surface area contributed by atoms with E-state index in [4.69, 9.17) is 11.6 Å². The molecule has 0 fully saturated rings. The number of halogens is 1. The number of hydrogen-bond donors (Lipinski definition) is 0. The summed E-state index contributed by atoms with van der Waals surface area (Å²) in [6.45, 7) is 8.09. The minimum absolute atomic E-state index is 0.0130. The second-order valence-electron chi connectivity index (χ2n) is 5.35. The second kappa shape index (κ2) is 5.22. The fraction of sp³-hybridized carbons (Fsp3) is 0.312. The highest BCUT2D eigenvalue weighted by Gasteiger charge is 2.11. The maximum atomic E-state index is 12.6. The largest absolute Gasteiger partial charge is 0.291 e. The van der Waals surface area contributed by atoms with Gasteiger partial charge in [0, 0.05) is 17.4 Å². The normalized spacial score (nSPS) is 11.1. The Morgan fingerprint density at radius 1 is 1.32 bits per heavy atom. The van der Waals surface area contributed by atoms with Gasteiger partial charge in [-0.25, -0.2) is 0 Å². The molecule has 100 valence electrons. The van der Waals surface area contributed by atoms with Gasteiger partial charge in [0.2, 0.25) is 0 Å². The van der Waals surface area contributed by atoms with Crippen LogP contribution in [0.3, 0.4) is 0 Å².